The van der Waals surface area contributed by atoms with Gasteiger partial charge in [-0.1, -0.05) is 19.1 Å². The van der Waals surface area contributed by atoms with Crippen LogP contribution in [0.3, 0.4) is 0 Å². The zero-order valence-corrected chi connectivity index (χ0v) is 11.5. The van der Waals surface area contributed by atoms with Gasteiger partial charge >= 0.3 is 0 Å². The Hall–Kier alpha value is -0.940. The van der Waals surface area contributed by atoms with Crippen molar-refractivity contribution in [2.24, 2.45) is 0 Å². The van der Waals surface area contributed by atoms with E-state index in [4.69, 9.17) is 4.74 Å². The molecule has 0 aliphatic carbocycles. The van der Waals surface area contributed by atoms with Gasteiger partial charge in [-0.15, -0.1) is 5.10 Å². The molecule has 0 saturated carbocycles. The normalized spacial score (nSPS) is 32.7. The minimum atomic E-state index is -0.859. The summed E-state index contributed by atoms with van der Waals surface area (Å²) in [6.45, 7) is 7.62. The van der Waals surface area contributed by atoms with Crippen LogP contribution in [0.1, 0.15) is 52.1 Å². The molecule has 0 spiro atoms. The SMILES string of the molecule is CCCn1nncc1C1(O)CCOC(C)(CC)C1. The van der Waals surface area contributed by atoms with Crippen LogP contribution < -0.4 is 0 Å². The summed E-state index contributed by atoms with van der Waals surface area (Å²) in [6, 6.07) is 0. The van der Waals surface area contributed by atoms with Crippen molar-refractivity contribution in [1.29, 1.82) is 0 Å². The Labute approximate surface area is 108 Å². The van der Waals surface area contributed by atoms with Crippen molar-refractivity contribution in [1.82, 2.24) is 15.0 Å². The van der Waals surface area contributed by atoms with Crippen LogP contribution >= 0.6 is 0 Å². The number of aryl methyl sites for hydroxylation is 1. The highest BCUT2D eigenvalue weighted by molar-refractivity contribution is 5.11. The topological polar surface area (TPSA) is 60.2 Å². The number of aromatic nitrogens is 3. The van der Waals surface area contributed by atoms with Gasteiger partial charge in [0.25, 0.3) is 0 Å². The first-order valence-electron chi connectivity index (χ1n) is 6.78. The molecule has 0 radical (unpaired) electrons. The van der Waals surface area contributed by atoms with Gasteiger partial charge in [0.05, 0.1) is 24.1 Å². The lowest BCUT2D eigenvalue weighted by molar-refractivity contribution is -0.160. The van der Waals surface area contributed by atoms with Crippen molar-refractivity contribution in [2.45, 2.75) is 64.2 Å². The molecule has 102 valence electrons. The highest BCUT2D eigenvalue weighted by Crippen LogP contribution is 2.40. The molecule has 5 nitrogen and oxygen atoms in total. The molecule has 1 fully saturated rings. The average Bonchev–Trinajstić information content (AvgIpc) is 2.78. The van der Waals surface area contributed by atoms with E-state index in [1.54, 1.807) is 6.20 Å². The van der Waals surface area contributed by atoms with Gasteiger partial charge in [0.2, 0.25) is 0 Å². The first kappa shape index (κ1) is 13.5. The van der Waals surface area contributed by atoms with E-state index in [0.29, 0.717) is 19.4 Å². The van der Waals surface area contributed by atoms with Crippen molar-refractivity contribution in [3.63, 3.8) is 0 Å². The molecule has 1 N–H and O–H groups in total. The Morgan fingerprint density at radius 3 is 2.94 bits per heavy atom. The van der Waals surface area contributed by atoms with Crippen LogP contribution in [0.5, 0.6) is 0 Å². The van der Waals surface area contributed by atoms with Crippen LogP contribution in [0.15, 0.2) is 6.20 Å². The quantitative estimate of drug-likeness (QED) is 0.889. The zero-order valence-electron chi connectivity index (χ0n) is 11.5. The fourth-order valence-corrected chi connectivity index (χ4v) is 2.67. The molecule has 1 saturated heterocycles. The van der Waals surface area contributed by atoms with E-state index in [2.05, 4.69) is 31.1 Å². The Balaban J connectivity index is 2.27. The third-order valence-electron chi connectivity index (χ3n) is 3.91. The molecule has 0 amide bonds. The summed E-state index contributed by atoms with van der Waals surface area (Å²) in [5.41, 5.74) is -0.289. The summed E-state index contributed by atoms with van der Waals surface area (Å²) in [4.78, 5) is 0. The predicted octanol–water partition coefficient (Wildman–Crippen LogP) is 1.85. The number of hydrogen-bond acceptors (Lipinski definition) is 4. The van der Waals surface area contributed by atoms with E-state index in [1.165, 1.54) is 0 Å². The number of hydrogen-bond donors (Lipinski definition) is 1. The molecule has 1 aromatic rings. The van der Waals surface area contributed by atoms with Crippen molar-refractivity contribution in [3.05, 3.63) is 11.9 Å². The summed E-state index contributed by atoms with van der Waals surface area (Å²) in [5.74, 6) is 0. The zero-order chi connectivity index (χ0) is 13.2. The molecule has 1 aliphatic heterocycles. The van der Waals surface area contributed by atoms with Crippen LogP contribution in [0.25, 0.3) is 0 Å². The van der Waals surface area contributed by atoms with Gasteiger partial charge in [0.15, 0.2) is 0 Å². The largest absolute Gasteiger partial charge is 0.383 e. The maximum absolute atomic E-state index is 10.9. The third kappa shape index (κ3) is 2.42. The minimum absolute atomic E-state index is 0.256. The van der Waals surface area contributed by atoms with Crippen molar-refractivity contribution >= 4 is 0 Å². The summed E-state index contributed by atoms with van der Waals surface area (Å²) in [7, 11) is 0. The summed E-state index contributed by atoms with van der Waals surface area (Å²) in [6.07, 6.45) is 4.78. The molecule has 18 heavy (non-hydrogen) atoms. The molecular formula is C13H23N3O2. The first-order chi connectivity index (χ1) is 8.53. The van der Waals surface area contributed by atoms with Gasteiger partial charge in [-0.3, -0.25) is 0 Å². The number of ether oxygens (including phenoxy) is 1. The van der Waals surface area contributed by atoms with Crippen molar-refractivity contribution in [3.8, 4) is 0 Å². The lowest BCUT2D eigenvalue weighted by Crippen LogP contribution is -2.46. The third-order valence-corrected chi connectivity index (χ3v) is 3.91. The highest BCUT2D eigenvalue weighted by atomic mass is 16.5. The lowest BCUT2D eigenvalue weighted by atomic mass is 9.80. The number of nitrogens with zero attached hydrogens (tertiary/aromatic N) is 3. The van der Waals surface area contributed by atoms with E-state index in [0.717, 1.165) is 25.1 Å². The maximum atomic E-state index is 10.9. The van der Waals surface area contributed by atoms with E-state index in [-0.39, 0.29) is 5.60 Å². The van der Waals surface area contributed by atoms with E-state index in [9.17, 15) is 5.11 Å². The molecular weight excluding hydrogens is 230 g/mol. The van der Waals surface area contributed by atoms with Crippen LogP contribution in [0.4, 0.5) is 0 Å². The van der Waals surface area contributed by atoms with Crippen LogP contribution in [0.2, 0.25) is 0 Å². The van der Waals surface area contributed by atoms with Crippen molar-refractivity contribution in [2.75, 3.05) is 6.61 Å². The second kappa shape index (κ2) is 4.97. The predicted molar refractivity (Wildman–Crippen MR) is 68.1 cm³/mol. The average molecular weight is 253 g/mol. The van der Waals surface area contributed by atoms with Gasteiger partial charge in [0, 0.05) is 19.4 Å². The van der Waals surface area contributed by atoms with Gasteiger partial charge in [-0.25, -0.2) is 4.68 Å². The second-order valence-electron chi connectivity index (χ2n) is 5.45. The molecule has 0 bridgehead atoms. The Bertz CT molecular complexity index is 407. The Kier molecular flexibility index (Phi) is 3.73. The van der Waals surface area contributed by atoms with E-state index in [1.807, 2.05) is 4.68 Å². The van der Waals surface area contributed by atoms with Crippen LogP contribution in [-0.4, -0.2) is 32.3 Å². The van der Waals surface area contributed by atoms with Gasteiger partial charge in [-0.2, -0.15) is 0 Å². The first-order valence-corrected chi connectivity index (χ1v) is 6.78. The van der Waals surface area contributed by atoms with Crippen molar-refractivity contribution < 1.29 is 9.84 Å². The molecule has 2 heterocycles. The highest BCUT2D eigenvalue weighted by Gasteiger charge is 2.44. The Morgan fingerprint density at radius 1 is 1.50 bits per heavy atom. The fraction of sp³-hybridized carbons (Fsp3) is 0.846. The molecule has 2 atom stereocenters. The molecule has 5 heteroatoms. The molecule has 1 aromatic heterocycles. The van der Waals surface area contributed by atoms with Gasteiger partial charge in [0.1, 0.15) is 5.60 Å². The summed E-state index contributed by atoms with van der Waals surface area (Å²) < 4.78 is 7.62. The van der Waals surface area contributed by atoms with Gasteiger partial charge in [-0.05, 0) is 19.8 Å². The smallest absolute Gasteiger partial charge is 0.113 e. The summed E-state index contributed by atoms with van der Waals surface area (Å²) in [5, 5.41) is 18.9. The maximum Gasteiger partial charge on any atom is 0.113 e. The van der Waals surface area contributed by atoms with Gasteiger partial charge < -0.3 is 9.84 Å². The Morgan fingerprint density at radius 2 is 2.28 bits per heavy atom. The lowest BCUT2D eigenvalue weighted by Gasteiger charge is -2.42. The number of aliphatic hydroxyl groups is 1. The fourth-order valence-electron chi connectivity index (χ4n) is 2.67. The standard InChI is InChI=1S/C13H23N3O2/c1-4-7-16-11(9-14-15-16)13(17)6-8-18-12(3,5-2)10-13/h9,17H,4-8,10H2,1-3H3. The number of rotatable bonds is 4. The molecule has 0 aromatic carbocycles. The van der Waals surface area contributed by atoms with E-state index < -0.39 is 5.60 Å². The molecule has 2 rings (SSSR count). The van der Waals surface area contributed by atoms with Crippen LogP contribution in [-0.2, 0) is 16.9 Å². The van der Waals surface area contributed by atoms with Crippen LogP contribution in [0, 0.1) is 0 Å². The second-order valence-corrected chi connectivity index (χ2v) is 5.45. The molecule has 1 aliphatic rings. The molecule has 2 unspecified atom stereocenters. The van der Waals surface area contributed by atoms with E-state index >= 15 is 0 Å². The summed E-state index contributed by atoms with van der Waals surface area (Å²) >= 11 is 0. The minimum Gasteiger partial charge on any atom is -0.383 e. The monoisotopic (exact) mass is 253 g/mol.